The normalized spacial score (nSPS) is 12.3. The number of rotatable bonds is 6. The van der Waals surface area contributed by atoms with E-state index >= 15 is 0 Å². The Morgan fingerprint density at radius 1 is 1.15 bits per heavy atom. The first-order valence-corrected chi connectivity index (χ1v) is 8.88. The van der Waals surface area contributed by atoms with Crippen LogP contribution in [0.15, 0.2) is 40.8 Å². The average Bonchev–Trinajstić information content (AvgIpc) is 2.97. The Labute approximate surface area is 152 Å². The van der Waals surface area contributed by atoms with Crippen molar-refractivity contribution >= 4 is 33.6 Å². The SMILES string of the molecule is CCC[C@@H](C)NC(=O)COC(=O)c1oc2c(ccc3ccccc32)c1C. The molecule has 1 amide bonds. The Bertz CT molecular complexity index is 957. The first-order valence-electron chi connectivity index (χ1n) is 8.88. The Hall–Kier alpha value is -2.82. The van der Waals surface area contributed by atoms with Crippen LogP contribution < -0.4 is 5.32 Å². The number of nitrogens with one attached hydrogen (secondary N) is 1. The first-order chi connectivity index (χ1) is 12.5. The molecule has 1 aromatic heterocycles. The molecule has 3 aromatic rings. The maximum atomic E-state index is 12.4. The van der Waals surface area contributed by atoms with E-state index in [1.165, 1.54) is 0 Å². The van der Waals surface area contributed by atoms with E-state index in [-0.39, 0.29) is 24.3 Å². The lowest BCUT2D eigenvalue weighted by Gasteiger charge is -2.12. The van der Waals surface area contributed by atoms with Gasteiger partial charge in [-0.15, -0.1) is 0 Å². The molecule has 0 radical (unpaired) electrons. The van der Waals surface area contributed by atoms with E-state index < -0.39 is 5.97 Å². The first kappa shape index (κ1) is 18.0. The molecule has 5 nitrogen and oxygen atoms in total. The number of benzene rings is 2. The Morgan fingerprint density at radius 3 is 2.69 bits per heavy atom. The highest BCUT2D eigenvalue weighted by Gasteiger charge is 2.21. The van der Waals surface area contributed by atoms with Gasteiger partial charge in [0, 0.05) is 22.4 Å². The number of furan rings is 1. The molecule has 0 aliphatic carbocycles. The zero-order valence-electron chi connectivity index (χ0n) is 15.3. The van der Waals surface area contributed by atoms with Gasteiger partial charge in [0.15, 0.2) is 6.61 Å². The maximum absolute atomic E-state index is 12.4. The summed E-state index contributed by atoms with van der Waals surface area (Å²) in [5, 5.41) is 5.66. The molecular weight excluding hydrogens is 330 g/mol. The van der Waals surface area contributed by atoms with Gasteiger partial charge < -0.3 is 14.5 Å². The summed E-state index contributed by atoms with van der Waals surface area (Å²) >= 11 is 0. The number of hydrogen-bond acceptors (Lipinski definition) is 4. The summed E-state index contributed by atoms with van der Waals surface area (Å²) in [7, 11) is 0. The second-order valence-electron chi connectivity index (χ2n) is 6.55. The molecule has 0 bridgehead atoms. The smallest absolute Gasteiger partial charge is 0.375 e. The van der Waals surface area contributed by atoms with Gasteiger partial charge in [0.25, 0.3) is 5.91 Å². The molecule has 0 fully saturated rings. The van der Waals surface area contributed by atoms with Crippen LogP contribution in [-0.2, 0) is 9.53 Å². The molecule has 1 atom stereocenters. The highest BCUT2D eigenvalue weighted by Crippen LogP contribution is 2.31. The molecule has 1 heterocycles. The monoisotopic (exact) mass is 353 g/mol. The summed E-state index contributed by atoms with van der Waals surface area (Å²) in [6.07, 6.45) is 1.86. The number of esters is 1. The zero-order valence-corrected chi connectivity index (χ0v) is 15.3. The van der Waals surface area contributed by atoms with E-state index in [0.717, 1.165) is 34.6 Å². The second kappa shape index (κ2) is 7.60. The minimum Gasteiger partial charge on any atom is -0.450 e. The molecular formula is C21H23NO4. The Morgan fingerprint density at radius 2 is 1.92 bits per heavy atom. The third-order valence-electron chi connectivity index (χ3n) is 4.48. The van der Waals surface area contributed by atoms with Crippen LogP contribution in [0.4, 0.5) is 0 Å². The molecule has 0 saturated carbocycles. The molecule has 0 aliphatic rings. The topological polar surface area (TPSA) is 68.5 Å². The van der Waals surface area contributed by atoms with Crippen LogP contribution >= 0.6 is 0 Å². The summed E-state index contributed by atoms with van der Waals surface area (Å²) in [5.74, 6) is -0.787. The van der Waals surface area contributed by atoms with Gasteiger partial charge in [0.05, 0.1) is 0 Å². The minimum absolute atomic E-state index is 0.0607. The number of carbonyl (C=O) groups excluding carboxylic acids is 2. The van der Waals surface area contributed by atoms with Gasteiger partial charge in [-0.3, -0.25) is 4.79 Å². The van der Waals surface area contributed by atoms with Crippen molar-refractivity contribution in [2.75, 3.05) is 6.61 Å². The number of amides is 1. The lowest BCUT2D eigenvalue weighted by molar-refractivity contribution is -0.124. The van der Waals surface area contributed by atoms with Gasteiger partial charge >= 0.3 is 5.97 Å². The Balaban J connectivity index is 1.77. The maximum Gasteiger partial charge on any atom is 0.375 e. The lowest BCUT2D eigenvalue weighted by atomic mass is 10.1. The van der Waals surface area contributed by atoms with E-state index in [1.807, 2.05) is 50.2 Å². The molecule has 2 aromatic carbocycles. The summed E-state index contributed by atoms with van der Waals surface area (Å²) < 4.78 is 11.0. The molecule has 0 saturated heterocycles. The van der Waals surface area contributed by atoms with Crippen LogP contribution in [-0.4, -0.2) is 24.5 Å². The highest BCUT2D eigenvalue weighted by atomic mass is 16.5. The van der Waals surface area contributed by atoms with Crippen LogP contribution in [0, 0.1) is 6.92 Å². The molecule has 136 valence electrons. The lowest BCUT2D eigenvalue weighted by Crippen LogP contribution is -2.35. The van der Waals surface area contributed by atoms with Crippen molar-refractivity contribution in [3.63, 3.8) is 0 Å². The molecule has 0 aliphatic heterocycles. The van der Waals surface area contributed by atoms with Crippen LogP contribution in [0.25, 0.3) is 21.7 Å². The van der Waals surface area contributed by atoms with Crippen molar-refractivity contribution in [1.82, 2.24) is 5.32 Å². The third kappa shape index (κ3) is 3.57. The predicted octanol–water partition coefficient (Wildman–Crippen LogP) is 4.36. The van der Waals surface area contributed by atoms with E-state index in [1.54, 1.807) is 0 Å². The van der Waals surface area contributed by atoms with Crippen LogP contribution in [0.3, 0.4) is 0 Å². The van der Waals surface area contributed by atoms with Crippen molar-refractivity contribution in [3.8, 4) is 0 Å². The van der Waals surface area contributed by atoms with E-state index in [0.29, 0.717) is 5.58 Å². The van der Waals surface area contributed by atoms with Crippen LogP contribution in [0.2, 0.25) is 0 Å². The Kier molecular flexibility index (Phi) is 5.26. The van der Waals surface area contributed by atoms with Gasteiger partial charge in [-0.25, -0.2) is 4.79 Å². The number of fused-ring (bicyclic) bond motifs is 3. The summed E-state index contributed by atoms with van der Waals surface area (Å²) in [6.45, 7) is 5.49. The molecule has 26 heavy (non-hydrogen) atoms. The van der Waals surface area contributed by atoms with E-state index in [9.17, 15) is 9.59 Å². The van der Waals surface area contributed by atoms with Crippen molar-refractivity contribution in [2.45, 2.75) is 39.7 Å². The quantitative estimate of drug-likeness (QED) is 0.669. The summed E-state index contributed by atoms with van der Waals surface area (Å²) in [6, 6.07) is 11.8. The van der Waals surface area contributed by atoms with Crippen LogP contribution in [0.1, 0.15) is 42.8 Å². The van der Waals surface area contributed by atoms with Gasteiger partial charge in [-0.05, 0) is 25.7 Å². The van der Waals surface area contributed by atoms with Crippen molar-refractivity contribution in [3.05, 3.63) is 47.7 Å². The fraction of sp³-hybridized carbons (Fsp3) is 0.333. The molecule has 0 spiro atoms. The summed E-state index contributed by atoms with van der Waals surface area (Å²) in [4.78, 5) is 24.3. The van der Waals surface area contributed by atoms with E-state index in [2.05, 4.69) is 12.2 Å². The minimum atomic E-state index is -0.624. The van der Waals surface area contributed by atoms with Gasteiger partial charge in [-0.1, -0.05) is 49.7 Å². The number of aryl methyl sites for hydroxylation is 1. The van der Waals surface area contributed by atoms with Gasteiger partial charge in [-0.2, -0.15) is 0 Å². The third-order valence-corrected chi connectivity index (χ3v) is 4.48. The fourth-order valence-corrected chi connectivity index (χ4v) is 3.16. The second-order valence-corrected chi connectivity index (χ2v) is 6.55. The highest BCUT2D eigenvalue weighted by molar-refractivity contribution is 6.08. The molecule has 0 unspecified atom stereocenters. The average molecular weight is 353 g/mol. The van der Waals surface area contributed by atoms with Crippen molar-refractivity contribution in [1.29, 1.82) is 0 Å². The van der Waals surface area contributed by atoms with Crippen LogP contribution in [0.5, 0.6) is 0 Å². The van der Waals surface area contributed by atoms with Crippen molar-refractivity contribution in [2.24, 2.45) is 0 Å². The van der Waals surface area contributed by atoms with E-state index in [4.69, 9.17) is 9.15 Å². The van der Waals surface area contributed by atoms with Gasteiger partial charge in [0.1, 0.15) is 5.58 Å². The fourth-order valence-electron chi connectivity index (χ4n) is 3.16. The van der Waals surface area contributed by atoms with Gasteiger partial charge in [0.2, 0.25) is 5.76 Å². The number of carbonyl (C=O) groups is 2. The zero-order chi connectivity index (χ0) is 18.7. The number of hydrogen-bond donors (Lipinski definition) is 1. The largest absolute Gasteiger partial charge is 0.450 e. The molecule has 1 N–H and O–H groups in total. The van der Waals surface area contributed by atoms with Crippen molar-refractivity contribution < 1.29 is 18.7 Å². The standard InChI is InChI=1S/C21H23NO4/c1-4-7-13(2)22-18(23)12-25-21(24)19-14(3)16-11-10-15-8-5-6-9-17(15)20(16)26-19/h5-6,8-11,13H,4,7,12H2,1-3H3,(H,22,23)/t13-/m1/s1. The molecule has 3 rings (SSSR count). The number of ether oxygens (including phenoxy) is 1. The summed E-state index contributed by atoms with van der Waals surface area (Å²) in [5.41, 5.74) is 1.38. The predicted molar refractivity (Wildman–Crippen MR) is 101 cm³/mol. The molecule has 5 heteroatoms.